The van der Waals surface area contributed by atoms with E-state index in [-0.39, 0.29) is 0 Å². The van der Waals surface area contributed by atoms with Gasteiger partial charge in [0.1, 0.15) is 11.5 Å². The lowest BCUT2D eigenvalue weighted by atomic mass is 10.2. The highest BCUT2D eigenvalue weighted by Crippen LogP contribution is 2.28. The van der Waals surface area contributed by atoms with E-state index in [0.717, 1.165) is 21.5 Å². The largest absolute Gasteiger partial charge is 0.496 e. The number of methoxy groups -OCH3 is 1. The molecule has 6 heteroatoms. The van der Waals surface area contributed by atoms with Gasteiger partial charge in [-0.15, -0.1) is 0 Å². The van der Waals surface area contributed by atoms with Crippen LogP contribution in [0.3, 0.4) is 0 Å². The van der Waals surface area contributed by atoms with Crippen LogP contribution in [-0.4, -0.2) is 7.11 Å². The minimum absolute atomic E-state index is 0.610. The molecule has 0 spiro atoms. The first kappa shape index (κ1) is 14.9. The van der Waals surface area contributed by atoms with Crippen LogP contribution >= 0.6 is 43.5 Å². The normalized spacial score (nSPS) is 10.7. The van der Waals surface area contributed by atoms with Gasteiger partial charge in [-0.1, -0.05) is 17.7 Å². The minimum atomic E-state index is 0.610. The lowest BCUT2D eigenvalue weighted by Gasteiger charge is -2.10. The van der Waals surface area contributed by atoms with Crippen LogP contribution in [0.1, 0.15) is 11.3 Å². The molecule has 0 saturated heterocycles. The van der Waals surface area contributed by atoms with Gasteiger partial charge in [-0.3, -0.25) is 0 Å². The molecule has 0 aliphatic carbocycles. The third-order valence-corrected chi connectivity index (χ3v) is 4.66. The first-order chi connectivity index (χ1) is 9.11. The number of ether oxygens (including phenoxy) is 1. The Labute approximate surface area is 133 Å². The average Bonchev–Trinajstić information content (AvgIpc) is 2.70. The van der Waals surface area contributed by atoms with Gasteiger partial charge in [-0.05, 0) is 50.1 Å². The van der Waals surface area contributed by atoms with E-state index in [9.17, 15) is 0 Å². The Morgan fingerprint density at radius 1 is 1.32 bits per heavy atom. The van der Waals surface area contributed by atoms with Crippen molar-refractivity contribution in [3.8, 4) is 5.75 Å². The predicted octanol–water partition coefficient (Wildman–Crippen LogP) is 4.76. The van der Waals surface area contributed by atoms with Gasteiger partial charge in [0.25, 0.3) is 0 Å². The van der Waals surface area contributed by atoms with Crippen LogP contribution in [-0.2, 0) is 13.1 Å². The van der Waals surface area contributed by atoms with Crippen LogP contribution in [0.15, 0.2) is 37.8 Å². The summed E-state index contributed by atoms with van der Waals surface area (Å²) in [5, 5.41) is 3.96. The SMILES string of the molecule is COc1cccc(Cl)c1CNCc1cc(Br)c(Br)o1. The number of benzene rings is 1. The summed E-state index contributed by atoms with van der Waals surface area (Å²) < 4.78 is 12.4. The molecule has 0 unspecified atom stereocenters. The topological polar surface area (TPSA) is 34.4 Å². The molecule has 1 aromatic heterocycles. The molecule has 2 aromatic rings. The van der Waals surface area contributed by atoms with Crippen molar-refractivity contribution in [1.29, 1.82) is 0 Å². The predicted molar refractivity (Wildman–Crippen MR) is 82.7 cm³/mol. The van der Waals surface area contributed by atoms with Crippen molar-refractivity contribution in [3.63, 3.8) is 0 Å². The van der Waals surface area contributed by atoms with Crippen LogP contribution in [0, 0.1) is 0 Å². The lowest BCUT2D eigenvalue weighted by molar-refractivity contribution is 0.406. The summed E-state index contributed by atoms with van der Waals surface area (Å²) >= 11 is 12.8. The summed E-state index contributed by atoms with van der Waals surface area (Å²) in [4.78, 5) is 0. The molecular formula is C13H12Br2ClNO2. The molecule has 3 nitrogen and oxygen atoms in total. The van der Waals surface area contributed by atoms with Crippen LogP contribution in [0.4, 0.5) is 0 Å². The second kappa shape index (κ2) is 6.79. The first-order valence-electron chi connectivity index (χ1n) is 5.57. The molecule has 2 rings (SSSR count). The molecule has 19 heavy (non-hydrogen) atoms. The maximum Gasteiger partial charge on any atom is 0.183 e. The molecule has 0 amide bonds. The van der Waals surface area contributed by atoms with E-state index < -0.39 is 0 Å². The second-order valence-electron chi connectivity index (χ2n) is 3.86. The summed E-state index contributed by atoms with van der Waals surface area (Å²) in [6.07, 6.45) is 0. The summed E-state index contributed by atoms with van der Waals surface area (Å²) in [7, 11) is 1.63. The van der Waals surface area contributed by atoms with Crippen LogP contribution in [0.2, 0.25) is 5.02 Å². The van der Waals surface area contributed by atoms with Gasteiger partial charge in [-0.25, -0.2) is 0 Å². The number of nitrogens with one attached hydrogen (secondary N) is 1. The smallest absolute Gasteiger partial charge is 0.183 e. The van der Waals surface area contributed by atoms with Crippen LogP contribution in [0.25, 0.3) is 0 Å². The lowest BCUT2D eigenvalue weighted by Crippen LogP contribution is -2.13. The fraction of sp³-hybridized carbons (Fsp3) is 0.231. The fourth-order valence-corrected chi connectivity index (χ4v) is 2.58. The molecule has 1 heterocycles. The van der Waals surface area contributed by atoms with E-state index in [1.807, 2.05) is 24.3 Å². The van der Waals surface area contributed by atoms with Gasteiger partial charge in [0, 0.05) is 17.1 Å². The third-order valence-electron chi connectivity index (χ3n) is 2.59. The summed E-state index contributed by atoms with van der Waals surface area (Å²) in [6.45, 7) is 1.22. The molecule has 0 radical (unpaired) electrons. The number of hydrogen-bond acceptors (Lipinski definition) is 3. The van der Waals surface area contributed by atoms with Gasteiger partial charge in [-0.2, -0.15) is 0 Å². The van der Waals surface area contributed by atoms with Crippen LogP contribution in [0.5, 0.6) is 5.75 Å². The van der Waals surface area contributed by atoms with Crippen molar-refractivity contribution in [2.24, 2.45) is 0 Å². The van der Waals surface area contributed by atoms with Gasteiger partial charge >= 0.3 is 0 Å². The number of furan rings is 1. The Bertz CT molecular complexity index is 552. The van der Waals surface area contributed by atoms with Crippen LogP contribution < -0.4 is 10.1 Å². The van der Waals surface area contributed by atoms with E-state index in [2.05, 4.69) is 37.2 Å². The maximum atomic E-state index is 6.16. The molecule has 0 atom stereocenters. The Balaban J connectivity index is 1.99. The number of rotatable bonds is 5. The molecule has 0 saturated carbocycles. The van der Waals surface area contributed by atoms with Crippen molar-refractivity contribution in [1.82, 2.24) is 5.32 Å². The van der Waals surface area contributed by atoms with Gasteiger partial charge < -0.3 is 14.5 Å². The quantitative estimate of drug-likeness (QED) is 0.774. The average molecular weight is 410 g/mol. The van der Waals surface area contributed by atoms with E-state index in [1.54, 1.807) is 7.11 Å². The summed E-state index contributed by atoms with van der Waals surface area (Å²) in [5.41, 5.74) is 0.941. The van der Waals surface area contributed by atoms with E-state index >= 15 is 0 Å². The molecule has 0 bridgehead atoms. The van der Waals surface area contributed by atoms with Crippen molar-refractivity contribution in [2.45, 2.75) is 13.1 Å². The molecule has 102 valence electrons. The van der Waals surface area contributed by atoms with Crippen molar-refractivity contribution in [3.05, 3.63) is 49.8 Å². The highest BCUT2D eigenvalue weighted by atomic mass is 79.9. The number of hydrogen-bond donors (Lipinski definition) is 1. The molecular weight excluding hydrogens is 397 g/mol. The zero-order valence-corrected chi connectivity index (χ0v) is 14.1. The van der Waals surface area contributed by atoms with Gasteiger partial charge in [0.2, 0.25) is 0 Å². The maximum absolute atomic E-state index is 6.16. The zero-order chi connectivity index (χ0) is 13.8. The van der Waals surface area contributed by atoms with Crippen molar-refractivity contribution >= 4 is 43.5 Å². The molecule has 0 fully saturated rings. The minimum Gasteiger partial charge on any atom is -0.496 e. The molecule has 1 N–H and O–H groups in total. The molecule has 1 aromatic carbocycles. The summed E-state index contributed by atoms with van der Waals surface area (Å²) in [6, 6.07) is 7.52. The molecule has 0 aliphatic heterocycles. The fourth-order valence-electron chi connectivity index (χ4n) is 1.69. The Kier molecular flexibility index (Phi) is 5.33. The van der Waals surface area contributed by atoms with E-state index in [1.165, 1.54) is 0 Å². The van der Waals surface area contributed by atoms with Crippen molar-refractivity contribution < 1.29 is 9.15 Å². The van der Waals surface area contributed by atoms with E-state index in [0.29, 0.717) is 22.8 Å². The van der Waals surface area contributed by atoms with Crippen molar-refractivity contribution in [2.75, 3.05) is 7.11 Å². The highest BCUT2D eigenvalue weighted by molar-refractivity contribution is 9.13. The molecule has 0 aliphatic rings. The van der Waals surface area contributed by atoms with Gasteiger partial charge in [0.15, 0.2) is 4.67 Å². The first-order valence-corrected chi connectivity index (χ1v) is 7.54. The monoisotopic (exact) mass is 407 g/mol. The van der Waals surface area contributed by atoms with Gasteiger partial charge in [0.05, 0.1) is 18.1 Å². The third kappa shape index (κ3) is 3.75. The second-order valence-corrected chi connectivity index (χ2v) is 5.84. The number of halogens is 3. The standard InChI is InChI=1S/C13H12Br2ClNO2/c1-18-12-4-2-3-11(16)9(12)7-17-6-8-5-10(14)13(15)19-8/h2-5,17H,6-7H2,1H3. The Morgan fingerprint density at radius 3 is 2.74 bits per heavy atom. The Morgan fingerprint density at radius 2 is 2.11 bits per heavy atom. The summed E-state index contributed by atoms with van der Waals surface area (Å²) in [5.74, 6) is 1.62. The highest BCUT2D eigenvalue weighted by Gasteiger charge is 2.09. The zero-order valence-electron chi connectivity index (χ0n) is 10.2. The Hall–Kier alpha value is -0.490. The van der Waals surface area contributed by atoms with E-state index in [4.69, 9.17) is 20.8 Å².